The highest BCUT2D eigenvalue weighted by atomic mass is 32.2. The van der Waals surface area contributed by atoms with Crippen molar-refractivity contribution in [3.05, 3.63) is 0 Å². The predicted molar refractivity (Wildman–Crippen MR) is 111 cm³/mol. The van der Waals surface area contributed by atoms with Crippen LogP contribution < -0.4 is 27.4 Å². The van der Waals surface area contributed by atoms with Crippen molar-refractivity contribution in [3.63, 3.8) is 0 Å². The molecule has 4 atom stereocenters. The number of rotatable bonds is 15. The molecule has 0 heterocycles. The van der Waals surface area contributed by atoms with Crippen LogP contribution in [0.4, 0.5) is 0 Å². The first kappa shape index (κ1) is 28.1. The second-order valence-corrected chi connectivity index (χ2v) is 7.67. The van der Waals surface area contributed by atoms with E-state index in [2.05, 4.69) is 16.0 Å². The molecule has 176 valence electrons. The minimum absolute atomic E-state index is 0.307. The molecule has 0 aliphatic carbocycles. The highest BCUT2D eigenvalue weighted by molar-refractivity contribution is 7.98. The van der Waals surface area contributed by atoms with Gasteiger partial charge in [-0.05, 0) is 31.8 Å². The quantitative estimate of drug-likeness (QED) is 0.133. The van der Waals surface area contributed by atoms with Gasteiger partial charge in [0.15, 0.2) is 0 Å². The number of carboxylic acids is 2. The van der Waals surface area contributed by atoms with Crippen LogP contribution in [0.5, 0.6) is 0 Å². The monoisotopic (exact) mass is 463 g/mol. The Morgan fingerprint density at radius 1 is 0.903 bits per heavy atom. The lowest BCUT2D eigenvalue weighted by Gasteiger charge is -2.24. The van der Waals surface area contributed by atoms with Gasteiger partial charge < -0.3 is 37.6 Å². The molecule has 0 saturated carbocycles. The summed E-state index contributed by atoms with van der Waals surface area (Å²) in [6.07, 6.45) is 0.722. The Morgan fingerprint density at radius 3 is 1.94 bits per heavy atom. The maximum absolute atomic E-state index is 12.6. The van der Waals surface area contributed by atoms with Crippen LogP contribution in [0.2, 0.25) is 0 Å². The van der Waals surface area contributed by atoms with Crippen molar-refractivity contribution in [1.82, 2.24) is 16.0 Å². The van der Waals surface area contributed by atoms with E-state index in [1.807, 2.05) is 6.26 Å². The number of carboxylic acid groups (broad SMARTS) is 2. The minimum Gasteiger partial charge on any atom is -0.481 e. The molecule has 4 unspecified atom stereocenters. The molecular formula is C17H29N5O8S. The van der Waals surface area contributed by atoms with Crippen molar-refractivity contribution in [1.29, 1.82) is 0 Å². The van der Waals surface area contributed by atoms with Gasteiger partial charge in [0.05, 0.1) is 12.5 Å². The molecule has 13 nitrogen and oxygen atoms in total. The lowest BCUT2D eigenvalue weighted by atomic mass is 10.1. The normalized spacial score (nSPS) is 14.4. The van der Waals surface area contributed by atoms with Gasteiger partial charge in [0.1, 0.15) is 18.1 Å². The standard InChI is InChI=1S/C17H29N5O8S/c1-8(17(29)30)20-16(28)11(7-12(19)23)22-15(27)10(3-4-13(24)25)21-14(26)9(18)5-6-31-2/h8-11H,3-7,18H2,1-2H3,(H2,19,23)(H,20,28)(H,21,26)(H,22,27)(H,24,25)(H,29,30). The zero-order valence-corrected chi connectivity index (χ0v) is 18.1. The van der Waals surface area contributed by atoms with E-state index in [-0.39, 0.29) is 6.42 Å². The Labute approximate surface area is 183 Å². The number of hydrogen-bond acceptors (Lipinski definition) is 8. The highest BCUT2D eigenvalue weighted by Crippen LogP contribution is 2.04. The van der Waals surface area contributed by atoms with Gasteiger partial charge >= 0.3 is 11.9 Å². The first-order valence-electron chi connectivity index (χ1n) is 9.27. The summed E-state index contributed by atoms with van der Waals surface area (Å²) in [6, 6.07) is -5.13. The van der Waals surface area contributed by atoms with Crippen LogP contribution in [-0.2, 0) is 28.8 Å². The van der Waals surface area contributed by atoms with Gasteiger partial charge in [0, 0.05) is 6.42 Å². The second-order valence-electron chi connectivity index (χ2n) is 6.68. The number of aliphatic carboxylic acids is 2. The van der Waals surface area contributed by atoms with E-state index in [0.29, 0.717) is 12.2 Å². The molecule has 0 saturated heterocycles. The van der Waals surface area contributed by atoms with Crippen LogP contribution in [0.25, 0.3) is 0 Å². The van der Waals surface area contributed by atoms with Crippen molar-refractivity contribution in [2.24, 2.45) is 11.5 Å². The summed E-state index contributed by atoms with van der Waals surface area (Å²) < 4.78 is 0. The van der Waals surface area contributed by atoms with Crippen LogP contribution in [0.15, 0.2) is 0 Å². The van der Waals surface area contributed by atoms with E-state index in [1.54, 1.807) is 0 Å². The summed E-state index contributed by atoms with van der Waals surface area (Å²) in [5.41, 5.74) is 10.8. The SMILES string of the molecule is CSCCC(N)C(=O)NC(CCC(=O)O)C(=O)NC(CC(N)=O)C(=O)NC(C)C(=O)O. The van der Waals surface area contributed by atoms with Gasteiger partial charge in [0.2, 0.25) is 23.6 Å². The molecular weight excluding hydrogens is 434 g/mol. The molecule has 14 heteroatoms. The molecule has 31 heavy (non-hydrogen) atoms. The first-order valence-corrected chi connectivity index (χ1v) is 10.7. The number of nitrogens with one attached hydrogen (secondary N) is 3. The van der Waals surface area contributed by atoms with Crippen molar-refractivity contribution < 1.29 is 39.0 Å². The Kier molecular flexibility index (Phi) is 12.9. The van der Waals surface area contributed by atoms with Crippen LogP contribution >= 0.6 is 11.8 Å². The third-order valence-electron chi connectivity index (χ3n) is 4.02. The van der Waals surface area contributed by atoms with Crippen LogP contribution in [0.3, 0.4) is 0 Å². The maximum Gasteiger partial charge on any atom is 0.325 e. The van der Waals surface area contributed by atoms with E-state index in [9.17, 15) is 28.8 Å². The fourth-order valence-electron chi connectivity index (χ4n) is 2.25. The number of primary amides is 1. The third kappa shape index (κ3) is 11.8. The summed E-state index contributed by atoms with van der Waals surface area (Å²) in [5.74, 6) is -5.55. The summed E-state index contributed by atoms with van der Waals surface area (Å²) in [7, 11) is 0. The molecule has 0 aromatic rings. The van der Waals surface area contributed by atoms with Crippen LogP contribution in [0.1, 0.15) is 32.6 Å². The average molecular weight is 464 g/mol. The van der Waals surface area contributed by atoms with E-state index < -0.39 is 72.6 Å². The third-order valence-corrected chi connectivity index (χ3v) is 4.66. The zero-order chi connectivity index (χ0) is 24.1. The Balaban J connectivity index is 5.38. The number of amides is 4. The summed E-state index contributed by atoms with van der Waals surface area (Å²) in [5, 5.41) is 24.4. The van der Waals surface area contributed by atoms with E-state index in [0.717, 1.165) is 0 Å². The van der Waals surface area contributed by atoms with Gasteiger partial charge in [0.25, 0.3) is 0 Å². The fourth-order valence-corrected chi connectivity index (χ4v) is 2.74. The molecule has 0 bridgehead atoms. The number of carbonyl (C=O) groups is 6. The predicted octanol–water partition coefficient (Wildman–Crippen LogP) is -2.63. The molecule has 0 fully saturated rings. The lowest BCUT2D eigenvalue weighted by molar-refractivity contribution is -0.142. The number of nitrogens with two attached hydrogens (primary N) is 2. The molecule has 9 N–H and O–H groups in total. The first-order chi connectivity index (χ1) is 14.4. The van der Waals surface area contributed by atoms with Crippen LogP contribution in [0, 0.1) is 0 Å². The number of carbonyl (C=O) groups excluding carboxylic acids is 4. The van der Waals surface area contributed by atoms with Gasteiger partial charge in [-0.2, -0.15) is 11.8 Å². The number of hydrogen-bond donors (Lipinski definition) is 7. The topological polar surface area (TPSA) is 231 Å². The van der Waals surface area contributed by atoms with E-state index >= 15 is 0 Å². The van der Waals surface area contributed by atoms with E-state index in [1.165, 1.54) is 18.7 Å². The Hall–Kier alpha value is -2.87. The van der Waals surface area contributed by atoms with Gasteiger partial charge in [-0.3, -0.25) is 28.8 Å². The summed E-state index contributed by atoms with van der Waals surface area (Å²) in [4.78, 5) is 70.2. The minimum atomic E-state index is -1.53. The van der Waals surface area contributed by atoms with Crippen molar-refractivity contribution in [2.45, 2.75) is 56.8 Å². The van der Waals surface area contributed by atoms with Crippen molar-refractivity contribution in [2.75, 3.05) is 12.0 Å². The van der Waals surface area contributed by atoms with Gasteiger partial charge in [-0.25, -0.2) is 0 Å². The average Bonchev–Trinajstić information content (AvgIpc) is 2.67. The lowest BCUT2D eigenvalue weighted by Crippen LogP contribution is -2.57. The molecule has 0 aliphatic heterocycles. The smallest absolute Gasteiger partial charge is 0.325 e. The van der Waals surface area contributed by atoms with Crippen LogP contribution in [-0.4, -0.2) is 82.0 Å². The molecule has 0 radical (unpaired) electrons. The van der Waals surface area contributed by atoms with E-state index in [4.69, 9.17) is 21.7 Å². The molecule has 0 aromatic carbocycles. The van der Waals surface area contributed by atoms with Gasteiger partial charge in [-0.15, -0.1) is 0 Å². The fraction of sp³-hybridized carbons (Fsp3) is 0.647. The molecule has 0 spiro atoms. The Bertz CT molecular complexity index is 689. The Morgan fingerprint density at radius 2 is 1.45 bits per heavy atom. The van der Waals surface area contributed by atoms with Crippen molar-refractivity contribution >= 4 is 47.3 Å². The largest absolute Gasteiger partial charge is 0.481 e. The number of thioether (sulfide) groups is 1. The zero-order valence-electron chi connectivity index (χ0n) is 17.3. The summed E-state index contributed by atoms with van der Waals surface area (Å²) in [6.45, 7) is 1.18. The highest BCUT2D eigenvalue weighted by Gasteiger charge is 2.30. The molecule has 4 amide bonds. The van der Waals surface area contributed by atoms with Crippen molar-refractivity contribution in [3.8, 4) is 0 Å². The molecule has 0 rings (SSSR count). The molecule has 0 aliphatic rings. The molecule has 0 aromatic heterocycles. The maximum atomic E-state index is 12.6. The second kappa shape index (κ2) is 14.2. The summed E-state index contributed by atoms with van der Waals surface area (Å²) >= 11 is 1.46. The van der Waals surface area contributed by atoms with Gasteiger partial charge in [-0.1, -0.05) is 0 Å².